The molecule has 0 bridgehead atoms. The number of benzene rings is 1. The molecule has 0 spiro atoms. The van der Waals surface area contributed by atoms with Gasteiger partial charge >= 0.3 is 0 Å². The first-order chi connectivity index (χ1) is 9.10. The SMILES string of the molecule is CCNC(c1ccc(OC)cc1F)C1(C)CCCS1. The van der Waals surface area contributed by atoms with Gasteiger partial charge in [-0.3, -0.25) is 0 Å². The van der Waals surface area contributed by atoms with Crippen LogP contribution >= 0.6 is 11.8 Å². The smallest absolute Gasteiger partial charge is 0.131 e. The minimum atomic E-state index is -0.181. The van der Waals surface area contributed by atoms with Crippen LogP contribution in [0.3, 0.4) is 0 Å². The summed E-state index contributed by atoms with van der Waals surface area (Å²) in [6.45, 7) is 5.14. The van der Waals surface area contributed by atoms with Gasteiger partial charge < -0.3 is 10.1 Å². The standard InChI is InChI=1S/C15H22FNOS/c1-4-17-14(15(2)8-5-9-19-15)12-7-6-11(18-3)10-13(12)16/h6-7,10,14,17H,4-5,8-9H2,1-3H3. The average molecular weight is 283 g/mol. The second kappa shape index (κ2) is 6.14. The van der Waals surface area contributed by atoms with Crippen LogP contribution in [0, 0.1) is 5.82 Å². The molecule has 0 radical (unpaired) electrons. The van der Waals surface area contributed by atoms with E-state index in [0.717, 1.165) is 24.3 Å². The molecule has 0 aromatic heterocycles. The quantitative estimate of drug-likeness (QED) is 0.889. The van der Waals surface area contributed by atoms with E-state index in [1.807, 2.05) is 23.9 Å². The Balaban J connectivity index is 2.33. The third kappa shape index (κ3) is 3.06. The van der Waals surface area contributed by atoms with Crippen molar-refractivity contribution in [2.75, 3.05) is 19.4 Å². The van der Waals surface area contributed by atoms with Gasteiger partial charge in [0.2, 0.25) is 0 Å². The van der Waals surface area contributed by atoms with Crippen molar-refractivity contribution in [1.82, 2.24) is 5.32 Å². The second-order valence-electron chi connectivity index (χ2n) is 5.14. The van der Waals surface area contributed by atoms with Gasteiger partial charge in [-0.15, -0.1) is 0 Å². The lowest BCUT2D eigenvalue weighted by atomic mass is 9.90. The summed E-state index contributed by atoms with van der Waals surface area (Å²) in [5.41, 5.74) is 0.750. The Hall–Kier alpha value is -0.740. The first-order valence-electron chi connectivity index (χ1n) is 6.81. The number of halogens is 1. The Morgan fingerprint density at radius 1 is 1.53 bits per heavy atom. The van der Waals surface area contributed by atoms with E-state index in [1.165, 1.54) is 12.5 Å². The van der Waals surface area contributed by atoms with Crippen molar-refractivity contribution in [3.63, 3.8) is 0 Å². The normalized spacial score (nSPS) is 24.4. The zero-order chi connectivity index (χ0) is 13.9. The van der Waals surface area contributed by atoms with Crippen LogP contribution in [0.15, 0.2) is 18.2 Å². The van der Waals surface area contributed by atoms with Gasteiger partial charge in [0.1, 0.15) is 11.6 Å². The van der Waals surface area contributed by atoms with Gasteiger partial charge in [0.05, 0.1) is 7.11 Å². The minimum Gasteiger partial charge on any atom is -0.497 e. The van der Waals surface area contributed by atoms with E-state index in [4.69, 9.17) is 4.74 Å². The topological polar surface area (TPSA) is 21.3 Å². The highest BCUT2D eigenvalue weighted by molar-refractivity contribution is 8.00. The molecule has 0 aliphatic carbocycles. The molecule has 2 atom stereocenters. The van der Waals surface area contributed by atoms with E-state index in [1.54, 1.807) is 7.11 Å². The molecule has 1 saturated heterocycles. The van der Waals surface area contributed by atoms with Crippen molar-refractivity contribution < 1.29 is 9.13 Å². The zero-order valence-corrected chi connectivity index (χ0v) is 12.6. The van der Waals surface area contributed by atoms with Crippen LogP contribution in [0.25, 0.3) is 0 Å². The van der Waals surface area contributed by atoms with E-state index >= 15 is 0 Å². The summed E-state index contributed by atoms with van der Waals surface area (Å²) in [5.74, 6) is 1.55. The number of ether oxygens (including phenoxy) is 1. The molecule has 0 amide bonds. The molecule has 1 heterocycles. The van der Waals surface area contributed by atoms with Gasteiger partial charge in [-0.05, 0) is 38.1 Å². The molecule has 1 aromatic carbocycles. The maximum Gasteiger partial charge on any atom is 0.131 e. The molecule has 106 valence electrons. The van der Waals surface area contributed by atoms with E-state index in [2.05, 4.69) is 19.2 Å². The fourth-order valence-corrected chi connectivity index (χ4v) is 4.18. The maximum absolute atomic E-state index is 14.3. The molecule has 2 rings (SSSR count). The monoisotopic (exact) mass is 283 g/mol. The highest BCUT2D eigenvalue weighted by atomic mass is 32.2. The molecule has 19 heavy (non-hydrogen) atoms. The minimum absolute atomic E-state index is 0.0518. The average Bonchev–Trinajstić information content (AvgIpc) is 2.84. The Morgan fingerprint density at radius 3 is 2.84 bits per heavy atom. The van der Waals surface area contributed by atoms with E-state index < -0.39 is 0 Å². The third-order valence-electron chi connectivity index (χ3n) is 3.79. The Morgan fingerprint density at radius 2 is 2.32 bits per heavy atom. The summed E-state index contributed by atoms with van der Waals surface area (Å²) >= 11 is 1.95. The van der Waals surface area contributed by atoms with E-state index in [-0.39, 0.29) is 16.6 Å². The van der Waals surface area contributed by atoms with Gasteiger partial charge in [-0.2, -0.15) is 11.8 Å². The van der Waals surface area contributed by atoms with Crippen LogP contribution < -0.4 is 10.1 Å². The summed E-state index contributed by atoms with van der Waals surface area (Å²) in [6.07, 6.45) is 2.33. The molecule has 1 fully saturated rings. The van der Waals surface area contributed by atoms with Crippen molar-refractivity contribution in [3.05, 3.63) is 29.6 Å². The first kappa shape index (κ1) is 14.7. The predicted octanol–water partition coefficient (Wildman–Crippen LogP) is 3.77. The largest absolute Gasteiger partial charge is 0.497 e. The lowest BCUT2D eigenvalue weighted by Gasteiger charge is -2.34. The zero-order valence-electron chi connectivity index (χ0n) is 11.8. The Bertz CT molecular complexity index is 432. The fourth-order valence-electron chi connectivity index (χ4n) is 2.76. The Kier molecular flexibility index (Phi) is 4.74. The van der Waals surface area contributed by atoms with E-state index in [9.17, 15) is 4.39 Å². The van der Waals surface area contributed by atoms with Gasteiger partial charge in [0.15, 0.2) is 0 Å². The van der Waals surface area contributed by atoms with Gasteiger partial charge in [-0.25, -0.2) is 4.39 Å². The van der Waals surface area contributed by atoms with Crippen molar-refractivity contribution in [1.29, 1.82) is 0 Å². The predicted molar refractivity (Wildman–Crippen MR) is 79.5 cm³/mol. The molecule has 2 unspecified atom stereocenters. The van der Waals surface area contributed by atoms with Crippen LogP contribution in [-0.2, 0) is 0 Å². The van der Waals surface area contributed by atoms with Crippen molar-refractivity contribution in [2.45, 2.75) is 37.5 Å². The van der Waals surface area contributed by atoms with Gasteiger partial charge in [-0.1, -0.05) is 13.0 Å². The number of hydrogen-bond donors (Lipinski definition) is 1. The number of nitrogens with one attached hydrogen (secondary N) is 1. The molecule has 1 aliphatic rings. The van der Waals surface area contributed by atoms with Crippen LogP contribution in [0.1, 0.15) is 38.3 Å². The highest BCUT2D eigenvalue weighted by Gasteiger charge is 2.39. The van der Waals surface area contributed by atoms with Crippen molar-refractivity contribution >= 4 is 11.8 Å². The summed E-state index contributed by atoms with van der Waals surface area (Å²) in [5, 5.41) is 3.46. The summed E-state index contributed by atoms with van der Waals surface area (Å²) in [7, 11) is 1.56. The van der Waals surface area contributed by atoms with Crippen LogP contribution in [0.4, 0.5) is 4.39 Å². The molecule has 0 saturated carbocycles. The summed E-state index contributed by atoms with van der Waals surface area (Å²) in [4.78, 5) is 0. The molecular formula is C15H22FNOS. The first-order valence-corrected chi connectivity index (χ1v) is 7.80. The van der Waals surface area contributed by atoms with Gasteiger partial charge in [0, 0.05) is 22.4 Å². The lowest BCUT2D eigenvalue weighted by Crippen LogP contribution is -2.38. The third-order valence-corrected chi connectivity index (χ3v) is 5.38. The lowest BCUT2D eigenvalue weighted by molar-refractivity contribution is 0.395. The fraction of sp³-hybridized carbons (Fsp3) is 0.600. The number of methoxy groups -OCH3 is 1. The van der Waals surface area contributed by atoms with Crippen LogP contribution in [-0.4, -0.2) is 24.2 Å². The van der Waals surface area contributed by atoms with Crippen LogP contribution in [0.5, 0.6) is 5.75 Å². The number of thioether (sulfide) groups is 1. The number of hydrogen-bond acceptors (Lipinski definition) is 3. The Labute approximate surface area is 119 Å². The maximum atomic E-state index is 14.3. The molecule has 2 nitrogen and oxygen atoms in total. The van der Waals surface area contributed by atoms with Crippen LogP contribution in [0.2, 0.25) is 0 Å². The molecule has 1 aliphatic heterocycles. The van der Waals surface area contributed by atoms with Crippen molar-refractivity contribution in [2.24, 2.45) is 0 Å². The second-order valence-corrected chi connectivity index (χ2v) is 6.77. The molecule has 4 heteroatoms. The van der Waals surface area contributed by atoms with E-state index in [0.29, 0.717) is 5.75 Å². The van der Waals surface area contributed by atoms with Crippen molar-refractivity contribution in [3.8, 4) is 5.75 Å². The number of rotatable bonds is 5. The summed E-state index contributed by atoms with van der Waals surface area (Å²) < 4.78 is 19.5. The molecule has 1 aromatic rings. The molecular weight excluding hydrogens is 261 g/mol. The highest BCUT2D eigenvalue weighted by Crippen LogP contribution is 2.47. The molecule has 1 N–H and O–H groups in total. The van der Waals surface area contributed by atoms with Gasteiger partial charge in [0.25, 0.3) is 0 Å². The summed E-state index contributed by atoms with van der Waals surface area (Å²) in [6, 6.07) is 5.22.